The summed E-state index contributed by atoms with van der Waals surface area (Å²) in [5, 5.41) is 7.38. The minimum absolute atomic E-state index is 0.00723. The van der Waals surface area contributed by atoms with Crippen molar-refractivity contribution in [2.24, 2.45) is 0 Å². The third kappa shape index (κ3) is 3.96. The molecule has 1 aromatic rings. The molecule has 1 rings (SSSR count). The van der Waals surface area contributed by atoms with E-state index in [4.69, 9.17) is 23.2 Å². The summed E-state index contributed by atoms with van der Waals surface area (Å²) in [5.74, 6) is 0.336. The minimum atomic E-state index is -0.0470. The zero-order chi connectivity index (χ0) is 13.7. The Balaban J connectivity index is 2.96. The van der Waals surface area contributed by atoms with E-state index in [1.807, 2.05) is 6.92 Å². The number of hydrogen-bond donors (Lipinski definition) is 0. The van der Waals surface area contributed by atoms with Crippen LogP contribution in [-0.4, -0.2) is 53.2 Å². The lowest BCUT2D eigenvalue weighted by Gasteiger charge is -2.24. The third-order valence-electron chi connectivity index (χ3n) is 2.22. The molecule has 1 heterocycles. The van der Waals surface area contributed by atoms with Crippen LogP contribution in [0, 0.1) is 0 Å². The van der Waals surface area contributed by atoms with Crippen molar-refractivity contribution in [3.63, 3.8) is 0 Å². The lowest BCUT2D eigenvalue weighted by atomic mass is 10.4. The standard InChI is InChI=1S/C10H15Cl2N5O/c1-4-5-17(6-7(18)16(2)3)9-8(11)14-15-10(12)13-9/h4-6H2,1-3H3. The van der Waals surface area contributed by atoms with Crippen LogP contribution < -0.4 is 4.90 Å². The van der Waals surface area contributed by atoms with Gasteiger partial charge in [-0.3, -0.25) is 4.79 Å². The maximum Gasteiger partial charge on any atom is 0.245 e. The first-order valence-electron chi connectivity index (χ1n) is 5.46. The molecule has 1 aromatic heterocycles. The molecule has 0 N–H and O–H groups in total. The van der Waals surface area contributed by atoms with Crippen molar-refractivity contribution < 1.29 is 4.79 Å². The highest BCUT2D eigenvalue weighted by molar-refractivity contribution is 6.32. The van der Waals surface area contributed by atoms with Gasteiger partial charge in [0, 0.05) is 20.6 Å². The summed E-state index contributed by atoms with van der Waals surface area (Å²) in [6, 6.07) is 0. The molecule has 0 aliphatic carbocycles. The maximum atomic E-state index is 11.7. The summed E-state index contributed by atoms with van der Waals surface area (Å²) in [4.78, 5) is 19.0. The summed E-state index contributed by atoms with van der Waals surface area (Å²) in [5.41, 5.74) is 0. The van der Waals surface area contributed by atoms with Gasteiger partial charge in [-0.15, -0.1) is 10.2 Å². The second-order valence-corrected chi connectivity index (χ2v) is 4.60. The van der Waals surface area contributed by atoms with E-state index in [0.29, 0.717) is 12.4 Å². The van der Waals surface area contributed by atoms with Gasteiger partial charge in [-0.2, -0.15) is 4.98 Å². The Morgan fingerprint density at radius 3 is 2.50 bits per heavy atom. The van der Waals surface area contributed by atoms with Gasteiger partial charge in [0.1, 0.15) is 0 Å². The zero-order valence-corrected chi connectivity index (χ0v) is 12.0. The maximum absolute atomic E-state index is 11.7. The minimum Gasteiger partial charge on any atom is -0.347 e. The van der Waals surface area contributed by atoms with E-state index in [2.05, 4.69) is 15.2 Å². The molecule has 0 saturated carbocycles. The lowest BCUT2D eigenvalue weighted by molar-refractivity contribution is -0.127. The number of aromatic nitrogens is 3. The number of hydrogen-bond acceptors (Lipinski definition) is 5. The van der Waals surface area contributed by atoms with Crippen molar-refractivity contribution in [2.75, 3.05) is 32.1 Å². The monoisotopic (exact) mass is 291 g/mol. The van der Waals surface area contributed by atoms with Crippen LogP contribution in [0.2, 0.25) is 10.4 Å². The predicted molar refractivity (Wildman–Crippen MR) is 71.0 cm³/mol. The molecule has 6 nitrogen and oxygen atoms in total. The number of rotatable bonds is 5. The van der Waals surface area contributed by atoms with Crippen LogP contribution in [0.4, 0.5) is 5.82 Å². The first kappa shape index (κ1) is 14.9. The second kappa shape index (κ2) is 6.70. The average Bonchev–Trinajstić information content (AvgIpc) is 2.31. The highest BCUT2D eigenvalue weighted by Gasteiger charge is 2.18. The van der Waals surface area contributed by atoms with Gasteiger partial charge in [0.25, 0.3) is 0 Å². The fourth-order valence-corrected chi connectivity index (χ4v) is 1.64. The number of nitrogens with zero attached hydrogens (tertiary/aromatic N) is 5. The van der Waals surface area contributed by atoms with E-state index in [9.17, 15) is 4.79 Å². The second-order valence-electron chi connectivity index (χ2n) is 3.90. The number of anilines is 1. The van der Waals surface area contributed by atoms with Crippen LogP contribution in [-0.2, 0) is 4.79 Å². The fourth-order valence-electron chi connectivity index (χ4n) is 1.32. The molecule has 0 bridgehead atoms. The Bertz CT molecular complexity index is 427. The quantitative estimate of drug-likeness (QED) is 0.822. The van der Waals surface area contributed by atoms with E-state index in [-0.39, 0.29) is 22.9 Å². The van der Waals surface area contributed by atoms with Crippen LogP contribution in [0.15, 0.2) is 0 Å². The molecule has 1 amide bonds. The van der Waals surface area contributed by atoms with Crippen LogP contribution in [0.3, 0.4) is 0 Å². The van der Waals surface area contributed by atoms with Crippen LogP contribution in [0.5, 0.6) is 0 Å². The van der Waals surface area contributed by atoms with Crippen LogP contribution in [0.1, 0.15) is 13.3 Å². The third-order valence-corrected chi connectivity index (χ3v) is 2.63. The van der Waals surface area contributed by atoms with E-state index in [1.54, 1.807) is 19.0 Å². The summed E-state index contributed by atoms with van der Waals surface area (Å²) in [7, 11) is 3.39. The highest BCUT2D eigenvalue weighted by atomic mass is 35.5. The molecule has 0 atom stereocenters. The predicted octanol–water partition coefficient (Wildman–Crippen LogP) is 1.48. The number of halogens is 2. The molecule has 0 saturated heterocycles. The molecule has 0 aliphatic heterocycles. The molecular weight excluding hydrogens is 277 g/mol. The van der Waals surface area contributed by atoms with E-state index in [1.165, 1.54) is 4.90 Å². The molecule has 0 aliphatic rings. The van der Waals surface area contributed by atoms with Gasteiger partial charge >= 0.3 is 0 Å². The topological polar surface area (TPSA) is 62.2 Å². The summed E-state index contributed by atoms with van der Waals surface area (Å²) >= 11 is 11.6. The van der Waals surface area contributed by atoms with Gasteiger partial charge in [-0.05, 0) is 18.0 Å². The Labute approximate surface area is 116 Å². The fraction of sp³-hybridized carbons (Fsp3) is 0.600. The Kier molecular flexibility index (Phi) is 5.55. The lowest BCUT2D eigenvalue weighted by Crippen LogP contribution is -2.37. The molecule has 0 unspecified atom stereocenters. The van der Waals surface area contributed by atoms with Gasteiger partial charge in [0.05, 0.1) is 6.54 Å². The van der Waals surface area contributed by atoms with Gasteiger partial charge < -0.3 is 9.80 Å². The van der Waals surface area contributed by atoms with E-state index >= 15 is 0 Å². The van der Waals surface area contributed by atoms with Gasteiger partial charge in [-0.1, -0.05) is 18.5 Å². The first-order chi connectivity index (χ1) is 8.45. The first-order valence-corrected chi connectivity index (χ1v) is 6.22. The molecule has 0 aromatic carbocycles. The van der Waals surface area contributed by atoms with Crippen molar-refractivity contribution in [2.45, 2.75) is 13.3 Å². The summed E-state index contributed by atoms with van der Waals surface area (Å²) < 4.78 is 0. The number of carbonyl (C=O) groups excluding carboxylic acids is 1. The van der Waals surface area contributed by atoms with Crippen molar-refractivity contribution in [1.82, 2.24) is 20.1 Å². The van der Waals surface area contributed by atoms with E-state index < -0.39 is 0 Å². The summed E-state index contributed by atoms with van der Waals surface area (Å²) in [6.45, 7) is 2.81. The molecule has 0 radical (unpaired) electrons. The molecule has 18 heavy (non-hydrogen) atoms. The van der Waals surface area contributed by atoms with Crippen molar-refractivity contribution in [1.29, 1.82) is 0 Å². The SMILES string of the molecule is CCCN(CC(=O)N(C)C)c1nc(Cl)nnc1Cl. The molecule has 100 valence electrons. The summed E-state index contributed by atoms with van der Waals surface area (Å²) in [6.07, 6.45) is 0.846. The van der Waals surface area contributed by atoms with Crippen molar-refractivity contribution >= 4 is 34.9 Å². The number of carbonyl (C=O) groups is 1. The van der Waals surface area contributed by atoms with Crippen LogP contribution in [0.25, 0.3) is 0 Å². The Morgan fingerprint density at radius 1 is 1.28 bits per heavy atom. The highest BCUT2D eigenvalue weighted by Crippen LogP contribution is 2.21. The van der Waals surface area contributed by atoms with Gasteiger partial charge in [-0.25, -0.2) is 0 Å². The van der Waals surface area contributed by atoms with Crippen molar-refractivity contribution in [3.8, 4) is 0 Å². The van der Waals surface area contributed by atoms with Gasteiger partial charge in [0.2, 0.25) is 11.2 Å². The molecule has 0 spiro atoms. The number of likely N-dealkylation sites (N-methyl/N-ethyl adjacent to an activating group) is 1. The average molecular weight is 292 g/mol. The molecule has 0 fully saturated rings. The van der Waals surface area contributed by atoms with Gasteiger partial charge in [0.15, 0.2) is 11.0 Å². The smallest absolute Gasteiger partial charge is 0.245 e. The van der Waals surface area contributed by atoms with Crippen LogP contribution >= 0.6 is 23.2 Å². The van der Waals surface area contributed by atoms with Crippen molar-refractivity contribution in [3.05, 3.63) is 10.4 Å². The Hall–Kier alpha value is -1.14. The Morgan fingerprint density at radius 2 is 1.94 bits per heavy atom. The van der Waals surface area contributed by atoms with E-state index in [0.717, 1.165) is 6.42 Å². The molecule has 8 heteroatoms. The number of amides is 1. The zero-order valence-electron chi connectivity index (χ0n) is 10.5. The molecular formula is C10H15Cl2N5O. The normalized spacial score (nSPS) is 10.3. The largest absolute Gasteiger partial charge is 0.347 e.